The van der Waals surface area contributed by atoms with Crippen molar-refractivity contribution in [2.45, 2.75) is 43.0 Å². The molecule has 1 aromatic heterocycles. The Kier molecular flexibility index (Phi) is 5.05. The molecular weight excluding hydrogens is 369 g/mol. The molecule has 0 amide bonds. The van der Waals surface area contributed by atoms with Crippen LogP contribution in [0.3, 0.4) is 0 Å². The fourth-order valence-electron chi connectivity index (χ4n) is 4.47. The summed E-state index contributed by atoms with van der Waals surface area (Å²) in [5.41, 5.74) is 0.106. The van der Waals surface area contributed by atoms with Crippen molar-refractivity contribution >= 4 is 0 Å². The van der Waals surface area contributed by atoms with Crippen LogP contribution < -0.4 is 10.1 Å². The van der Waals surface area contributed by atoms with Crippen LogP contribution in [0.4, 0.5) is 13.2 Å². The molecule has 1 N–H and O–H groups in total. The second-order valence-corrected chi connectivity index (χ2v) is 7.46. The largest absolute Gasteiger partial charge is 0.495 e. The number of pyridine rings is 1. The molecule has 2 aromatic rings. The van der Waals surface area contributed by atoms with Gasteiger partial charge in [-0.05, 0) is 43.5 Å². The molecule has 1 aromatic carbocycles. The first-order valence-electron chi connectivity index (χ1n) is 9.47. The maximum Gasteiger partial charge on any atom is 0.433 e. The highest BCUT2D eigenvalue weighted by atomic mass is 19.4. The predicted molar refractivity (Wildman–Crippen MR) is 98.3 cm³/mol. The zero-order valence-corrected chi connectivity index (χ0v) is 15.6. The molecule has 2 aliphatic heterocycles. The molecule has 150 valence electrons. The lowest BCUT2D eigenvalue weighted by atomic mass is 9.77. The van der Waals surface area contributed by atoms with Gasteiger partial charge in [-0.15, -0.1) is 0 Å². The van der Waals surface area contributed by atoms with E-state index in [1.807, 2.05) is 18.2 Å². The number of nitrogens with zero attached hydrogens (tertiary/aromatic N) is 1. The molecule has 2 saturated heterocycles. The van der Waals surface area contributed by atoms with E-state index in [-0.39, 0.29) is 12.0 Å². The van der Waals surface area contributed by atoms with E-state index in [1.165, 1.54) is 13.2 Å². The van der Waals surface area contributed by atoms with E-state index in [0.717, 1.165) is 31.0 Å². The molecule has 4 nitrogen and oxygen atoms in total. The van der Waals surface area contributed by atoms with Crippen LogP contribution in [0.5, 0.6) is 5.75 Å². The third-order valence-corrected chi connectivity index (χ3v) is 5.73. The number of nitrogens with one attached hydrogen (secondary N) is 1. The maximum atomic E-state index is 13.2. The smallest absolute Gasteiger partial charge is 0.433 e. The van der Waals surface area contributed by atoms with Gasteiger partial charge in [-0.25, -0.2) is 4.98 Å². The van der Waals surface area contributed by atoms with Crippen LogP contribution in [0.2, 0.25) is 0 Å². The Morgan fingerprint density at radius 1 is 1.18 bits per heavy atom. The Labute approximate surface area is 162 Å². The Bertz CT molecular complexity index is 828. The number of ether oxygens (including phenoxy) is 2. The summed E-state index contributed by atoms with van der Waals surface area (Å²) in [6.45, 7) is 1.22. The van der Waals surface area contributed by atoms with Crippen LogP contribution in [0.1, 0.15) is 48.2 Å². The van der Waals surface area contributed by atoms with Gasteiger partial charge in [0.15, 0.2) is 0 Å². The molecule has 2 fully saturated rings. The number of methoxy groups -OCH3 is 1. The Balaban J connectivity index is 1.66. The van der Waals surface area contributed by atoms with Gasteiger partial charge in [0.1, 0.15) is 11.4 Å². The summed E-state index contributed by atoms with van der Waals surface area (Å²) in [4.78, 5) is 3.92. The van der Waals surface area contributed by atoms with Crippen LogP contribution in [-0.2, 0) is 10.9 Å². The molecule has 0 bridgehead atoms. The van der Waals surface area contributed by atoms with E-state index in [4.69, 9.17) is 9.47 Å². The van der Waals surface area contributed by atoms with E-state index in [2.05, 4.69) is 22.4 Å². The third kappa shape index (κ3) is 3.49. The fourth-order valence-corrected chi connectivity index (χ4v) is 4.47. The number of benzene rings is 1. The van der Waals surface area contributed by atoms with Gasteiger partial charge in [0.25, 0.3) is 0 Å². The predicted octanol–water partition coefficient (Wildman–Crippen LogP) is 4.48. The minimum absolute atomic E-state index is 0.00393. The molecule has 1 spiro atoms. The second-order valence-electron chi connectivity index (χ2n) is 7.46. The number of alkyl halides is 3. The number of rotatable bonds is 3. The lowest BCUT2D eigenvalue weighted by molar-refractivity contribution is -0.141. The molecule has 7 heteroatoms. The van der Waals surface area contributed by atoms with Gasteiger partial charge >= 0.3 is 6.18 Å². The first-order chi connectivity index (χ1) is 13.4. The van der Waals surface area contributed by atoms with E-state index >= 15 is 0 Å². The van der Waals surface area contributed by atoms with Gasteiger partial charge in [0, 0.05) is 5.92 Å². The molecule has 3 heterocycles. The van der Waals surface area contributed by atoms with Crippen molar-refractivity contribution < 1.29 is 22.6 Å². The van der Waals surface area contributed by atoms with Gasteiger partial charge in [0.05, 0.1) is 31.1 Å². The van der Waals surface area contributed by atoms with Crippen molar-refractivity contribution in [1.29, 1.82) is 0 Å². The lowest BCUT2D eigenvalue weighted by Gasteiger charge is -2.41. The maximum absolute atomic E-state index is 13.2. The molecule has 2 aliphatic rings. The summed E-state index contributed by atoms with van der Waals surface area (Å²) in [5.74, 6) is 0.127. The van der Waals surface area contributed by atoms with Crippen LogP contribution in [0.15, 0.2) is 42.5 Å². The fraction of sp³-hybridized carbons (Fsp3) is 0.476. The molecule has 0 aliphatic carbocycles. The lowest BCUT2D eigenvalue weighted by Crippen LogP contribution is -2.48. The second kappa shape index (κ2) is 7.37. The summed E-state index contributed by atoms with van der Waals surface area (Å²) in [6, 6.07) is 12.4. The van der Waals surface area contributed by atoms with Gasteiger partial charge in [-0.1, -0.05) is 30.3 Å². The molecule has 28 heavy (non-hydrogen) atoms. The average Bonchev–Trinajstić information content (AvgIpc) is 3.12. The molecule has 0 unspecified atom stereocenters. The summed E-state index contributed by atoms with van der Waals surface area (Å²) >= 11 is 0. The monoisotopic (exact) mass is 392 g/mol. The molecule has 0 radical (unpaired) electrons. The van der Waals surface area contributed by atoms with E-state index in [1.54, 1.807) is 0 Å². The van der Waals surface area contributed by atoms with Crippen molar-refractivity contribution in [3.63, 3.8) is 0 Å². The summed E-state index contributed by atoms with van der Waals surface area (Å²) < 4.78 is 51.1. The number of hydrogen-bond donors (Lipinski definition) is 1. The van der Waals surface area contributed by atoms with Crippen molar-refractivity contribution in [3.8, 4) is 5.75 Å². The Morgan fingerprint density at radius 2 is 1.96 bits per heavy atom. The minimum Gasteiger partial charge on any atom is -0.495 e. The zero-order valence-electron chi connectivity index (χ0n) is 15.6. The van der Waals surface area contributed by atoms with Crippen molar-refractivity contribution in [3.05, 3.63) is 59.4 Å². The summed E-state index contributed by atoms with van der Waals surface area (Å²) in [5, 5.41) is 3.55. The Morgan fingerprint density at radius 3 is 2.68 bits per heavy atom. The first kappa shape index (κ1) is 19.2. The number of halogens is 3. The van der Waals surface area contributed by atoms with Gasteiger partial charge in [-0.2, -0.15) is 13.2 Å². The number of aromatic nitrogens is 1. The van der Waals surface area contributed by atoms with Crippen LogP contribution >= 0.6 is 0 Å². The highest BCUT2D eigenvalue weighted by Crippen LogP contribution is 2.49. The van der Waals surface area contributed by atoms with E-state index in [9.17, 15) is 13.2 Å². The van der Waals surface area contributed by atoms with Crippen molar-refractivity contribution in [1.82, 2.24) is 10.3 Å². The van der Waals surface area contributed by atoms with Gasteiger partial charge in [-0.3, -0.25) is 0 Å². The standard InChI is InChI=1S/C21H23F3N2O2/c1-27-16-8-9-17(21(22,23)24)26-18(16)15-12-20(28-13-15)10-5-11-25-19(20)14-6-3-2-4-7-14/h2-4,6-9,15,19,25H,5,10-13H2,1H3/t15-,19-,20+/m0/s1. The third-order valence-electron chi connectivity index (χ3n) is 5.73. The van der Waals surface area contributed by atoms with E-state index < -0.39 is 17.5 Å². The highest BCUT2D eigenvalue weighted by molar-refractivity contribution is 5.35. The molecule has 0 saturated carbocycles. The van der Waals surface area contributed by atoms with Crippen molar-refractivity contribution in [2.75, 3.05) is 20.3 Å². The molecule has 4 rings (SSSR count). The number of hydrogen-bond acceptors (Lipinski definition) is 4. The SMILES string of the molecule is COc1ccc(C(F)(F)F)nc1[C@@H]1CO[C@]2(CCCN[C@H]2c2ccccc2)C1. The topological polar surface area (TPSA) is 43.4 Å². The van der Waals surface area contributed by atoms with Crippen LogP contribution in [0, 0.1) is 0 Å². The van der Waals surface area contributed by atoms with E-state index in [0.29, 0.717) is 24.5 Å². The first-order valence-corrected chi connectivity index (χ1v) is 9.47. The summed E-state index contributed by atoms with van der Waals surface area (Å²) in [7, 11) is 1.45. The number of piperidine rings is 1. The van der Waals surface area contributed by atoms with Crippen LogP contribution in [-0.4, -0.2) is 30.8 Å². The zero-order chi connectivity index (χ0) is 19.8. The molecular formula is C21H23F3N2O2. The van der Waals surface area contributed by atoms with Gasteiger partial charge in [0.2, 0.25) is 0 Å². The minimum atomic E-state index is -4.49. The normalized spacial score (nSPS) is 27.9. The summed E-state index contributed by atoms with van der Waals surface area (Å²) in [6.07, 6.45) is -2.07. The average molecular weight is 392 g/mol. The highest BCUT2D eigenvalue weighted by Gasteiger charge is 2.49. The quantitative estimate of drug-likeness (QED) is 0.837. The molecule has 3 atom stereocenters. The Hall–Kier alpha value is -2.12. The van der Waals surface area contributed by atoms with Crippen LogP contribution in [0.25, 0.3) is 0 Å². The van der Waals surface area contributed by atoms with Gasteiger partial charge < -0.3 is 14.8 Å². The van der Waals surface area contributed by atoms with Crippen molar-refractivity contribution in [2.24, 2.45) is 0 Å².